The summed E-state index contributed by atoms with van der Waals surface area (Å²) in [6.07, 6.45) is 13.3. The lowest BCUT2D eigenvalue weighted by Crippen LogP contribution is -2.33. The molecule has 1 atom stereocenters. The Morgan fingerprint density at radius 2 is 1.94 bits per heavy atom. The molecule has 0 saturated carbocycles. The first-order valence-corrected chi connectivity index (χ1v) is 12.5. The molecule has 0 bridgehead atoms. The molecule has 1 amide bonds. The number of rotatable bonds is 9. The van der Waals surface area contributed by atoms with Crippen LogP contribution in [-0.2, 0) is 12.8 Å². The zero-order valence-electron chi connectivity index (χ0n) is 21.6. The van der Waals surface area contributed by atoms with Crippen LogP contribution >= 0.6 is 0 Å². The molecule has 1 unspecified atom stereocenters. The Hall–Kier alpha value is -3.11. The van der Waals surface area contributed by atoms with Crippen LogP contribution in [0.15, 0.2) is 79.9 Å². The minimum Gasteiger partial charge on any atom is -0.496 e. The lowest BCUT2D eigenvalue weighted by Gasteiger charge is -2.29. The number of aliphatic hydroxyl groups excluding tert-OH is 1. The van der Waals surface area contributed by atoms with Crippen molar-refractivity contribution in [1.29, 1.82) is 0 Å². The maximum atomic E-state index is 13.7. The molecule has 1 N–H and O–H groups in total. The number of benzene rings is 2. The maximum Gasteiger partial charge on any atom is 0.258 e. The van der Waals surface area contributed by atoms with Gasteiger partial charge in [0, 0.05) is 17.8 Å². The van der Waals surface area contributed by atoms with Crippen LogP contribution in [0.3, 0.4) is 0 Å². The largest absolute Gasteiger partial charge is 0.496 e. The van der Waals surface area contributed by atoms with Crippen molar-refractivity contribution in [1.82, 2.24) is 0 Å². The highest BCUT2D eigenvalue weighted by atomic mass is 16.5. The summed E-state index contributed by atoms with van der Waals surface area (Å²) in [6.45, 7) is 12.3. The molecule has 0 fully saturated rings. The summed E-state index contributed by atoms with van der Waals surface area (Å²) in [5, 5.41) is 8.96. The number of ether oxygens (including phenoxy) is 1. The van der Waals surface area contributed by atoms with E-state index < -0.39 is 0 Å². The molecule has 35 heavy (non-hydrogen) atoms. The van der Waals surface area contributed by atoms with Gasteiger partial charge < -0.3 is 14.7 Å². The van der Waals surface area contributed by atoms with Crippen molar-refractivity contribution in [2.45, 2.75) is 52.4 Å². The molecule has 1 heterocycles. The van der Waals surface area contributed by atoms with E-state index in [4.69, 9.17) is 9.84 Å². The van der Waals surface area contributed by atoms with Crippen LogP contribution in [0.25, 0.3) is 0 Å². The van der Waals surface area contributed by atoms with Gasteiger partial charge in [-0.05, 0) is 67.3 Å². The number of hydrogen-bond donors (Lipinski definition) is 1. The number of nitrogens with zero attached hydrogens (tertiary/aromatic N) is 1. The topological polar surface area (TPSA) is 49.8 Å². The minimum atomic E-state index is -0.0106. The Morgan fingerprint density at radius 3 is 2.60 bits per heavy atom. The van der Waals surface area contributed by atoms with Crippen LogP contribution in [0, 0.1) is 5.41 Å². The molecular formula is C31H41NO3. The second-order valence-corrected chi connectivity index (χ2v) is 8.98. The van der Waals surface area contributed by atoms with Gasteiger partial charge in [0.15, 0.2) is 0 Å². The fraction of sp³-hybridized carbons (Fsp3) is 0.387. The molecule has 4 heteroatoms. The molecule has 4 nitrogen and oxygen atoms in total. The van der Waals surface area contributed by atoms with Gasteiger partial charge in [0.2, 0.25) is 0 Å². The first-order chi connectivity index (χ1) is 17.0. The SMILES string of the molecule is C=CC.C=CC1(CCCC)CCN(C(=O)c2ccc(C/C=C\CO)c(OC)c2)c2ccccc2C1. The normalized spacial score (nSPS) is 17.1. The Labute approximate surface area is 211 Å². The molecule has 1 aliphatic heterocycles. The van der Waals surface area contributed by atoms with E-state index in [2.05, 4.69) is 44.4 Å². The number of carbonyl (C=O) groups is 1. The van der Waals surface area contributed by atoms with E-state index in [1.807, 2.05) is 42.2 Å². The smallest absolute Gasteiger partial charge is 0.258 e. The fourth-order valence-electron chi connectivity index (χ4n) is 4.56. The average Bonchev–Trinajstić information content (AvgIpc) is 3.05. The van der Waals surface area contributed by atoms with Gasteiger partial charge >= 0.3 is 0 Å². The number of fused-ring (bicyclic) bond motifs is 1. The molecule has 0 spiro atoms. The van der Waals surface area contributed by atoms with Gasteiger partial charge in [-0.15, -0.1) is 13.2 Å². The molecule has 2 aromatic carbocycles. The third-order valence-electron chi connectivity index (χ3n) is 6.51. The van der Waals surface area contributed by atoms with E-state index in [-0.39, 0.29) is 17.9 Å². The highest BCUT2D eigenvalue weighted by Gasteiger charge is 2.34. The fourth-order valence-corrected chi connectivity index (χ4v) is 4.56. The number of carbonyl (C=O) groups excluding carboxylic acids is 1. The average molecular weight is 476 g/mol. The predicted octanol–water partition coefficient (Wildman–Crippen LogP) is 6.93. The van der Waals surface area contributed by atoms with Gasteiger partial charge in [-0.3, -0.25) is 4.79 Å². The van der Waals surface area contributed by atoms with Crippen LogP contribution in [-0.4, -0.2) is 31.3 Å². The third kappa shape index (κ3) is 7.43. The van der Waals surface area contributed by atoms with Crippen LogP contribution in [0.1, 0.15) is 61.0 Å². The lowest BCUT2D eigenvalue weighted by molar-refractivity contribution is 0.0984. The predicted molar refractivity (Wildman–Crippen MR) is 147 cm³/mol. The summed E-state index contributed by atoms with van der Waals surface area (Å²) >= 11 is 0. The summed E-state index contributed by atoms with van der Waals surface area (Å²) < 4.78 is 5.56. The van der Waals surface area contributed by atoms with Crippen molar-refractivity contribution in [3.05, 3.63) is 96.6 Å². The number of allylic oxidation sites excluding steroid dienone is 3. The van der Waals surface area contributed by atoms with Crippen molar-refractivity contribution in [2.24, 2.45) is 5.41 Å². The van der Waals surface area contributed by atoms with Crippen molar-refractivity contribution in [2.75, 3.05) is 25.2 Å². The van der Waals surface area contributed by atoms with Crippen molar-refractivity contribution >= 4 is 11.6 Å². The van der Waals surface area contributed by atoms with Gasteiger partial charge in [0.25, 0.3) is 5.91 Å². The second-order valence-electron chi connectivity index (χ2n) is 8.98. The Balaban J connectivity index is 0.00000137. The highest BCUT2D eigenvalue weighted by Crippen LogP contribution is 2.41. The van der Waals surface area contributed by atoms with Crippen LogP contribution < -0.4 is 9.64 Å². The van der Waals surface area contributed by atoms with Gasteiger partial charge in [-0.1, -0.05) is 68.3 Å². The van der Waals surface area contributed by atoms with Crippen molar-refractivity contribution in [3.8, 4) is 5.75 Å². The Bertz CT molecular complexity index is 1010. The summed E-state index contributed by atoms with van der Waals surface area (Å²) in [4.78, 5) is 15.6. The Kier molecular flexibility index (Phi) is 11.5. The molecule has 188 valence electrons. The van der Waals surface area contributed by atoms with E-state index in [9.17, 15) is 4.79 Å². The monoisotopic (exact) mass is 475 g/mol. The van der Waals surface area contributed by atoms with Gasteiger partial charge in [-0.25, -0.2) is 0 Å². The Morgan fingerprint density at radius 1 is 1.20 bits per heavy atom. The number of unbranched alkanes of at least 4 members (excludes halogenated alkanes) is 1. The zero-order chi connectivity index (χ0) is 25.7. The molecule has 0 radical (unpaired) electrons. The maximum absolute atomic E-state index is 13.7. The van der Waals surface area contributed by atoms with Gasteiger partial charge in [0.1, 0.15) is 5.75 Å². The number of aliphatic hydroxyl groups is 1. The number of hydrogen-bond acceptors (Lipinski definition) is 3. The number of methoxy groups -OCH3 is 1. The number of anilines is 1. The number of amides is 1. The van der Waals surface area contributed by atoms with Gasteiger partial charge in [0.05, 0.1) is 13.7 Å². The van der Waals surface area contributed by atoms with Gasteiger partial charge in [-0.2, -0.15) is 0 Å². The van der Waals surface area contributed by atoms with Crippen molar-refractivity contribution < 1.29 is 14.6 Å². The molecule has 3 rings (SSSR count). The van der Waals surface area contributed by atoms with E-state index in [1.54, 1.807) is 19.3 Å². The summed E-state index contributed by atoms with van der Waals surface area (Å²) in [5.74, 6) is 0.675. The lowest BCUT2D eigenvalue weighted by atomic mass is 9.75. The zero-order valence-corrected chi connectivity index (χ0v) is 21.6. The van der Waals surface area contributed by atoms with E-state index in [0.29, 0.717) is 24.3 Å². The minimum absolute atomic E-state index is 0.0106. The molecular weight excluding hydrogens is 434 g/mol. The standard InChI is InChI=1S/C28H35NO3.C3H6/c1-4-6-16-28(5-2)17-18-29(25-13-8-7-12-24(25)21-28)27(31)23-15-14-22(11-9-10-19-30)26(20-23)32-3;1-3-2/h5,7-10,12-15,20,30H,2,4,6,11,16-19,21H2,1,3H3;3H,1H2,2H3/b10-9-;. The summed E-state index contributed by atoms with van der Waals surface area (Å²) in [6, 6.07) is 13.9. The molecule has 2 aromatic rings. The van der Waals surface area contributed by atoms with E-state index in [0.717, 1.165) is 43.4 Å². The van der Waals surface area contributed by atoms with Crippen LogP contribution in [0.5, 0.6) is 5.75 Å². The van der Waals surface area contributed by atoms with Crippen LogP contribution in [0.2, 0.25) is 0 Å². The molecule has 0 aromatic heterocycles. The van der Waals surface area contributed by atoms with Crippen molar-refractivity contribution in [3.63, 3.8) is 0 Å². The molecule has 0 saturated heterocycles. The first kappa shape index (κ1) is 28.1. The van der Waals surface area contributed by atoms with E-state index >= 15 is 0 Å². The summed E-state index contributed by atoms with van der Waals surface area (Å²) in [5.41, 5.74) is 3.81. The quantitative estimate of drug-likeness (QED) is 0.400. The second kappa shape index (κ2) is 14.3. The molecule has 0 aliphatic carbocycles. The number of para-hydroxylation sites is 1. The third-order valence-corrected chi connectivity index (χ3v) is 6.51. The van der Waals surface area contributed by atoms with Crippen LogP contribution in [0.4, 0.5) is 5.69 Å². The molecule has 1 aliphatic rings. The summed E-state index contributed by atoms with van der Waals surface area (Å²) in [7, 11) is 1.62. The highest BCUT2D eigenvalue weighted by molar-refractivity contribution is 6.07. The first-order valence-electron chi connectivity index (χ1n) is 12.5. The van der Waals surface area contributed by atoms with E-state index in [1.165, 1.54) is 5.56 Å².